The molecular formula is C24H29BrN2O5. The summed E-state index contributed by atoms with van der Waals surface area (Å²) in [6.45, 7) is 3.97. The SMILES string of the molecule is COC(=O)[C@H](Cc1ccccc1Br)NC(=O)[C@H](CC(C)C)NC(=O)OCc1ccccc1. The molecule has 7 nitrogen and oxygen atoms in total. The summed E-state index contributed by atoms with van der Waals surface area (Å²) in [4.78, 5) is 37.6. The third-order valence-corrected chi connectivity index (χ3v) is 5.49. The molecule has 0 aliphatic rings. The van der Waals surface area contributed by atoms with Crippen LogP contribution >= 0.6 is 15.9 Å². The maximum absolute atomic E-state index is 13.0. The van der Waals surface area contributed by atoms with Gasteiger partial charge in [-0.1, -0.05) is 78.3 Å². The second-order valence-corrected chi connectivity index (χ2v) is 8.62. The number of methoxy groups -OCH3 is 1. The first-order valence-corrected chi connectivity index (χ1v) is 11.2. The highest BCUT2D eigenvalue weighted by atomic mass is 79.9. The Morgan fingerprint density at radius 1 is 0.938 bits per heavy atom. The van der Waals surface area contributed by atoms with Crippen LogP contribution in [0, 0.1) is 5.92 Å². The lowest BCUT2D eigenvalue weighted by Crippen LogP contribution is -2.53. The predicted octanol–water partition coefficient (Wildman–Crippen LogP) is 3.99. The van der Waals surface area contributed by atoms with E-state index in [0.29, 0.717) is 6.42 Å². The molecule has 32 heavy (non-hydrogen) atoms. The standard InChI is InChI=1S/C24H29BrN2O5/c1-16(2)13-20(27-24(30)32-15-17-9-5-4-6-10-17)22(28)26-21(23(29)31-3)14-18-11-7-8-12-19(18)25/h4-12,16,20-21H,13-15H2,1-3H3,(H,26,28)(H,27,30)/t20-,21-/m0/s1. The minimum Gasteiger partial charge on any atom is -0.467 e. The molecule has 0 saturated carbocycles. The number of ether oxygens (including phenoxy) is 2. The highest BCUT2D eigenvalue weighted by molar-refractivity contribution is 9.10. The average molecular weight is 505 g/mol. The van der Waals surface area contributed by atoms with Gasteiger partial charge >= 0.3 is 12.1 Å². The molecule has 2 rings (SSSR count). The van der Waals surface area contributed by atoms with Crippen molar-refractivity contribution in [2.45, 2.75) is 45.4 Å². The number of hydrogen-bond donors (Lipinski definition) is 2. The first-order valence-electron chi connectivity index (χ1n) is 10.4. The maximum Gasteiger partial charge on any atom is 0.408 e. The van der Waals surface area contributed by atoms with Crippen LogP contribution in [0.3, 0.4) is 0 Å². The molecule has 0 radical (unpaired) electrons. The van der Waals surface area contributed by atoms with Gasteiger partial charge in [0.05, 0.1) is 7.11 Å². The van der Waals surface area contributed by atoms with Crippen molar-refractivity contribution in [3.63, 3.8) is 0 Å². The third kappa shape index (κ3) is 8.34. The lowest BCUT2D eigenvalue weighted by atomic mass is 10.0. The van der Waals surface area contributed by atoms with Gasteiger partial charge < -0.3 is 20.1 Å². The van der Waals surface area contributed by atoms with Crippen LogP contribution in [0.5, 0.6) is 0 Å². The van der Waals surface area contributed by atoms with E-state index in [-0.39, 0.29) is 18.9 Å². The van der Waals surface area contributed by atoms with Crippen LogP contribution in [0.4, 0.5) is 4.79 Å². The van der Waals surface area contributed by atoms with E-state index >= 15 is 0 Å². The molecule has 2 amide bonds. The molecule has 0 fully saturated rings. The normalized spacial score (nSPS) is 12.5. The molecule has 8 heteroatoms. The first-order chi connectivity index (χ1) is 15.3. The van der Waals surface area contributed by atoms with Crippen LogP contribution in [0.15, 0.2) is 59.1 Å². The minimum absolute atomic E-state index is 0.0928. The summed E-state index contributed by atoms with van der Waals surface area (Å²) >= 11 is 3.45. The monoisotopic (exact) mass is 504 g/mol. The molecule has 0 aliphatic carbocycles. The smallest absolute Gasteiger partial charge is 0.408 e. The Labute approximate surface area is 197 Å². The van der Waals surface area contributed by atoms with Gasteiger partial charge in [0.2, 0.25) is 5.91 Å². The topological polar surface area (TPSA) is 93.7 Å². The molecule has 2 N–H and O–H groups in total. The van der Waals surface area contributed by atoms with Gasteiger partial charge in [0, 0.05) is 10.9 Å². The Morgan fingerprint density at radius 2 is 1.59 bits per heavy atom. The van der Waals surface area contributed by atoms with Crippen LogP contribution in [-0.2, 0) is 32.1 Å². The van der Waals surface area contributed by atoms with Crippen molar-refractivity contribution in [2.75, 3.05) is 7.11 Å². The number of halogens is 1. The number of hydrogen-bond acceptors (Lipinski definition) is 5. The summed E-state index contributed by atoms with van der Waals surface area (Å²) in [5, 5.41) is 5.34. The van der Waals surface area contributed by atoms with Crippen molar-refractivity contribution < 1.29 is 23.9 Å². The number of benzene rings is 2. The van der Waals surface area contributed by atoms with Gasteiger partial charge in [-0.3, -0.25) is 4.79 Å². The van der Waals surface area contributed by atoms with E-state index in [1.54, 1.807) is 0 Å². The molecule has 0 saturated heterocycles. The summed E-state index contributed by atoms with van der Waals surface area (Å²) in [7, 11) is 1.27. The van der Waals surface area contributed by atoms with Crippen molar-refractivity contribution in [1.82, 2.24) is 10.6 Å². The third-order valence-electron chi connectivity index (χ3n) is 4.71. The van der Waals surface area contributed by atoms with Crippen LogP contribution in [-0.4, -0.2) is 37.2 Å². The van der Waals surface area contributed by atoms with Gasteiger partial charge in [-0.05, 0) is 29.5 Å². The van der Waals surface area contributed by atoms with Gasteiger partial charge in [0.15, 0.2) is 0 Å². The molecular weight excluding hydrogens is 476 g/mol. The van der Waals surface area contributed by atoms with Crippen LogP contribution < -0.4 is 10.6 Å². The summed E-state index contributed by atoms with van der Waals surface area (Å²) < 4.78 is 10.9. The largest absolute Gasteiger partial charge is 0.467 e. The zero-order chi connectivity index (χ0) is 23.5. The number of carbonyl (C=O) groups is 3. The number of amides is 2. The Morgan fingerprint density at radius 3 is 2.22 bits per heavy atom. The van der Waals surface area contributed by atoms with Crippen molar-refractivity contribution in [1.29, 1.82) is 0 Å². The Hall–Kier alpha value is -2.87. The summed E-state index contributed by atoms with van der Waals surface area (Å²) in [6, 6.07) is 14.9. The van der Waals surface area contributed by atoms with Crippen molar-refractivity contribution in [3.05, 3.63) is 70.2 Å². The van der Waals surface area contributed by atoms with Crippen molar-refractivity contribution in [3.8, 4) is 0 Å². The van der Waals surface area contributed by atoms with Gasteiger partial charge in [-0.2, -0.15) is 0 Å². The van der Waals surface area contributed by atoms with Crippen LogP contribution in [0.25, 0.3) is 0 Å². The molecule has 0 unspecified atom stereocenters. The van der Waals surface area contributed by atoms with Gasteiger partial charge in [0.1, 0.15) is 18.7 Å². The fraction of sp³-hybridized carbons (Fsp3) is 0.375. The first kappa shape index (κ1) is 25.4. The minimum atomic E-state index is -0.900. The summed E-state index contributed by atoms with van der Waals surface area (Å²) in [6.07, 6.45) is -0.0721. The maximum atomic E-state index is 13.0. The van der Waals surface area contributed by atoms with Crippen LogP contribution in [0.2, 0.25) is 0 Å². The van der Waals surface area contributed by atoms with Gasteiger partial charge in [-0.15, -0.1) is 0 Å². The molecule has 0 bridgehead atoms. The quantitative estimate of drug-likeness (QED) is 0.477. The average Bonchev–Trinajstić information content (AvgIpc) is 2.78. The summed E-state index contributed by atoms with van der Waals surface area (Å²) in [5.41, 5.74) is 1.69. The zero-order valence-corrected chi connectivity index (χ0v) is 20.1. The molecule has 2 atom stereocenters. The predicted molar refractivity (Wildman–Crippen MR) is 125 cm³/mol. The molecule has 0 heterocycles. The highest BCUT2D eigenvalue weighted by Gasteiger charge is 2.28. The van der Waals surface area contributed by atoms with E-state index in [2.05, 4.69) is 26.6 Å². The second-order valence-electron chi connectivity index (χ2n) is 7.77. The second kappa shape index (κ2) is 12.9. The van der Waals surface area contributed by atoms with Gasteiger partial charge in [-0.25, -0.2) is 9.59 Å². The molecule has 0 aromatic heterocycles. The van der Waals surface area contributed by atoms with E-state index < -0.39 is 30.1 Å². The number of rotatable bonds is 10. The molecule has 2 aromatic carbocycles. The number of nitrogens with one attached hydrogen (secondary N) is 2. The Balaban J connectivity index is 2.05. The molecule has 0 spiro atoms. The fourth-order valence-electron chi connectivity index (χ4n) is 3.10. The number of alkyl carbamates (subject to hydrolysis) is 1. The highest BCUT2D eigenvalue weighted by Crippen LogP contribution is 2.18. The summed E-state index contributed by atoms with van der Waals surface area (Å²) in [5.74, 6) is -0.915. The molecule has 0 aliphatic heterocycles. The van der Waals surface area contributed by atoms with E-state index in [1.807, 2.05) is 68.4 Å². The van der Waals surface area contributed by atoms with E-state index in [0.717, 1.165) is 15.6 Å². The van der Waals surface area contributed by atoms with E-state index in [1.165, 1.54) is 7.11 Å². The Bertz CT molecular complexity index is 904. The van der Waals surface area contributed by atoms with Crippen molar-refractivity contribution in [2.24, 2.45) is 5.92 Å². The lowest BCUT2D eigenvalue weighted by Gasteiger charge is -2.23. The zero-order valence-electron chi connectivity index (χ0n) is 18.5. The van der Waals surface area contributed by atoms with Gasteiger partial charge in [0.25, 0.3) is 0 Å². The van der Waals surface area contributed by atoms with Crippen molar-refractivity contribution >= 4 is 33.9 Å². The number of carbonyl (C=O) groups excluding carboxylic acids is 3. The fourth-order valence-corrected chi connectivity index (χ4v) is 3.55. The molecule has 2 aromatic rings. The van der Waals surface area contributed by atoms with Crippen LogP contribution in [0.1, 0.15) is 31.4 Å². The van der Waals surface area contributed by atoms with E-state index in [4.69, 9.17) is 9.47 Å². The molecule has 172 valence electrons. The Kier molecular flexibility index (Phi) is 10.2. The lowest BCUT2D eigenvalue weighted by molar-refractivity contribution is -0.145. The van der Waals surface area contributed by atoms with E-state index in [9.17, 15) is 14.4 Å². The number of esters is 1.